The minimum Gasteiger partial charge on any atom is -0.490 e. The molecule has 160 valence electrons. The maximum absolute atomic E-state index is 13.2. The molecule has 0 saturated carbocycles. The first-order valence-corrected chi connectivity index (χ1v) is 11.1. The number of fused-ring (bicyclic) bond motifs is 1. The topological polar surface area (TPSA) is 42.0 Å². The number of amides is 1. The summed E-state index contributed by atoms with van der Waals surface area (Å²) in [5, 5.41) is 0. The third-order valence-electron chi connectivity index (χ3n) is 6.00. The van der Waals surface area contributed by atoms with Gasteiger partial charge in [-0.25, -0.2) is 0 Å². The first-order valence-electron chi connectivity index (χ1n) is 11.1. The molecule has 2 aromatic carbocycles. The summed E-state index contributed by atoms with van der Waals surface area (Å²) >= 11 is 0. The molecule has 5 heteroatoms. The average molecular weight is 409 g/mol. The quantitative estimate of drug-likeness (QED) is 0.710. The summed E-state index contributed by atoms with van der Waals surface area (Å²) in [5.41, 5.74) is 2.38. The van der Waals surface area contributed by atoms with Crippen molar-refractivity contribution in [3.05, 3.63) is 59.7 Å². The van der Waals surface area contributed by atoms with Crippen molar-refractivity contribution in [2.24, 2.45) is 0 Å². The van der Waals surface area contributed by atoms with Crippen LogP contribution in [-0.4, -0.2) is 48.1 Å². The molecule has 1 amide bonds. The molecule has 1 saturated heterocycles. The van der Waals surface area contributed by atoms with E-state index in [4.69, 9.17) is 9.47 Å². The molecule has 4 rings (SSSR count). The van der Waals surface area contributed by atoms with E-state index in [1.807, 2.05) is 29.2 Å². The number of benzene rings is 2. The van der Waals surface area contributed by atoms with Gasteiger partial charge in [0.15, 0.2) is 11.5 Å². The molecule has 0 N–H and O–H groups in total. The third-order valence-corrected chi connectivity index (χ3v) is 6.00. The molecule has 1 fully saturated rings. The lowest BCUT2D eigenvalue weighted by molar-refractivity contribution is -0.135. The number of hydrogen-bond donors (Lipinski definition) is 0. The zero-order chi connectivity index (χ0) is 20.9. The highest BCUT2D eigenvalue weighted by Gasteiger charge is 2.30. The molecule has 0 unspecified atom stereocenters. The smallest absolute Gasteiger partial charge is 0.237 e. The van der Waals surface area contributed by atoms with Crippen LogP contribution in [0, 0.1) is 0 Å². The fourth-order valence-electron chi connectivity index (χ4n) is 4.38. The maximum Gasteiger partial charge on any atom is 0.237 e. The summed E-state index contributed by atoms with van der Waals surface area (Å²) in [4.78, 5) is 17.5. The second-order valence-corrected chi connectivity index (χ2v) is 8.49. The molecule has 2 aliphatic heterocycles. The van der Waals surface area contributed by atoms with E-state index >= 15 is 0 Å². The highest BCUT2D eigenvalue weighted by atomic mass is 16.5. The van der Waals surface area contributed by atoms with Gasteiger partial charge in [-0.05, 0) is 56.5 Å². The first kappa shape index (κ1) is 20.7. The van der Waals surface area contributed by atoms with Crippen LogP contribution in [0.15, 0.2) is 48.5 Å². The summed E-state index contributed by atoms with van der Waals surface area (Å²) in [6.45, 7) is 7.61. The predicted molar refractivity (Wildman–Crippen MR) is 118 cm³/mol. The van der Waals surface area contributed by atoms with Gasteiger partial charge in [-0.15, -0.1) is 0 Å². The van der Waals surface area contributed by atoms with Crippen LogP contribution in [0.1, 0.15) is 50.3 Å². The van der Waals surface area contributed by atoms with Gasteiger partial charge < -0.3 is 14.4 Å². The van der Waals surface area contributed by atoms with Crippen molar-refractivity contribution in [3.8, 4) is 11.5 Å². The van der Waals surface area contributed by atoms with Crippen LogP contribution in [-0.2, 0) is 11.3 Å². The largest absolute Gasteiger partial charge is 0.490 e. The first-order chi connectivity index (χ1) is 14.6. The lowest BCUT2D eigenvalue weighted by Crippen LogP contribution is -2.43. The molecule has 2 aromatic rings. The number of hydrogen-bond acceptors (Lipinski definition) is 4. The molecular weight excluding hydrogens is 376 g/mol. The monoisotopic (exact) mass is 408 g/mol. The summed E-state index contributed by atoms with van der Waals surface area (Å²) in [6, 6.07) is 16.9. The molecule has 0 aromatic heterocycles. The van der Waals surface area contributed by atoms with Gasteiger partial charge in [0.05, 0.1) is 19.8 Å². The molecule has 30 heavy (non-hydrogen) atoms. The van der Waals surface area contributed by atoms with Crippen molar-refractivity contribution < 1.29 is 14.3 Å². The van der Waals surface area contributed by atoms with Gasteiger partial charge in [-0.3, -0.25) is 9.69 Å². The van der Waals surface area contributed by atoms with Crippen molar-refractivity contribution >= 4 is 5.91 Å². The van der Waals surface area contributed by atoms with E-state index in [1.165, 1.54) is 11.1 Å². The van der Waals surface area contributed by atoms with Crippen molar-refractivity contribution in [1.29, 1.82) is 0 Å². The van der Waals surface area contributed by atoms with E-state index in [9.17, 15) is 4.79 Å². The average Bonchev–Trinajstić information content (AvgIpc) is 3.07. The highest BCUT2D eigenvalue weighted by Crippen LogP contribution is 2.37. The second kappa shape index (κ2) is 9.52. The van der Waals surface area contributed by atoms with Crippen LogP contribution in [0.4, 0.5) is 0 Å². The lowest BCUT2D eigenvalue weighted by atomic mass is 10.0. The Bertz CT molecular complexity index is 853. The van der Waals surface area contributed by atoms with E-state index < -0.39 is 0 Å². The van der Waals surface area contributed by atoms with Crippen molar-refractivity contribution in [2.45, 2.75) is 51.7 Å². The van der Waals surface area contributed by atoms with E-state index in [0.717, 1.165) is 37.3 Å². The molecule has 2 aliphatic rings. The number of likely N-dealkylation sites (tertiary alicyclic amines) is 1. The number of carbonyl (C=O) groups is 1. The molecular formula is C25H32N2O3. The fraction of sp³-hybridized carbons (Fsp3) is 0.480. The number of nitrogens with zero attached hydrogens (tertiary/aromatic N) is 2. The Morgan fingerprint density at radius 1 is 1.07 bits per heavy atom. The van der Waals surface area contributed by atoms with Crippen LogP contribution >= 0.6 is 0 Å². The summed E-state index contributed by atoms with van der Waals surface area (Å²) in [7, 11) is 0. The van der Waals surface area contributed by atoms with Gasteiger partial charge in [0.25, 0.3) is 0 Å². The van der Waals surface area contributed by atoms with Crippen LogP contribution in [0.5, 0.6) is 11.5 Å². The van der Waals surface area contributed by atoms with Crippen LogP contribution in [0.25, 0.3) is 0 Å². The number of rotatable bonds is 6. The Kier molecular flexibility index (Phi) is 6.58. The van der Waals surface area contributed by atoms with Crippen molar-refractivity contribution in [1.82, 2.24) is 9.80 Å². The number of carbonyl (C=O) groups excluding carboxylic acids is 1. The van der Waals surface area contributed by atoms with Crippen molar-refractivity contribution in [2.75, 3.05) is 26.3 Å². The van der Waals surface area contributed by atoms with E-state index in [1.54, 1.807) is 0 Å². The molecule has 0 radical (unpaired) electrons. The summed E-state index contributed by atoms with van der Waals surface area (Å²) in [5.74, 6) is 1.84. The molecule has 0 spiro atoms. The molecule has 0 aliphatic carbocycles. The van der Waals surface area contributed by atoms with Crippen LogP contribution in [0.2, 0.25) is 0 Å². The second-order valence-electron chi connectivity index (χ2n) is 8.49. The predicted octanol–water partition coefficient (Wildman–Crippen LogP) is 4.42. The lowest BCUT2D eigenvalue weighted by Gasteiger charge is -2.31. The van der Waals surface area contributed by atoms with Crippen LogP contribution < -0.4 is 9.47 Å². The van der Waals surface area contributed by atoms with Gasteiger partial charge in [0, 0.05) is 25.0 Å². The van der Waals surface area contributed by atoms with Gasteiger partial charge in [0.1, 0.15) is 0 Å². The zero-order valence-electron chi connectivity index (χ0n) is 18.0. The number of ether oxygens (including phenoxy) is 2. The zero-order valence-corrected chi connectivity index (χ0v) is 18.0. The minimum atomic E-state index is 0.164. The van der Waals surface area contributed by atoms with Gasteiger partial charge in [-0.1, -0.05) is 36.4 Å². The summed E-state index contributed by atoms with van der Waals surface area (Å²) < 4.78 is 11.7. The van der Waals surface area contributed by atoms with E-state index in [2.05, 4.69) is 43.0 Å². The Hall–Kier alpha value is -2.53. The fourth-order valence-corrected chi connectivity index (χ4v) is 4.38. The van der Waals surface area contributed by atoms with E-state index in [0.29, 0.717) is 26.3 Å². The Morgan fingerprint density at radius 2 is 1.83 bits per heavy atom. The van der Waals surface area contributed by atoms with Crippen molar-refractivity contribution in [3.63, 3.8) is 0 Å². The Labute approximate surface area is 179 Å². The maximum atomic E-state index is 13.2. The van der Waals surface area contributed by atoms with Crippen LogP contribution in [0.3, 0.4) is 0 Å². The molecule has 0 bridgehead atoms. The van der Waals surface area contributed by atoms with Gasteiger partial charge in [0.2, 0.25) is 5.91 Å². The van der Waals surface area contributed by atoms with Gasteiger partial charge >= 0.3 is 0 Å². The molecule has 2 heterocycles. The standard InChI is InChI=1S/C25H32N2O3/c1-19(2)27(17-20-8-4-3-5-9-20)25(28)18-26-13-6-10-22(26)21-11-12-23-24(16-21)30-15-7-14-29-23/h3-5,8-9,11-12,16,19,22H,6-7,10,13-15,17-18H2,1-2H3/t22-/m0/s1. The molecule has 5 nitrogen and oxygen atoms in total. The third kappa shape index (κ3) is 4.78. The SMILES string of the molecule is CC(C)N(Cc1ccccc1)C(=O)CN1CCC[C@H]1c1ccc2c(c1)OCCCO2. The summed E-state index contributed by atoms with van der Waals surface area (Å²) in [6.07, 6.45) is 3.07. The van der Waals surface area contributed by atoms with Gasteiger partial charge in [-0.2, -0.15) is 0 Å². The Morgan fingerprint density at radius 3 is 2.60 bits per heavy atom. The normalized spacial score (nSPS) is 19.0. The minimum absolute atomic E-state index is 0.164. The highest BCUT2D eigenvalue weighted by molar-refractivity contribution is 5.78. The molecule has 1 atom stereocenters. The van der Waals surface area contributed by atoms with E-state index in [-0.39, 0.29) is 18.0 Å². The Balaban J connectivity index is 1.46.